The van der Waals surface area contributed by atoms with E-state index in [1.165, 1.54) is 0 Å². The molecule has 0 aliphatic heterocycles. The lowest BCUT2D eigenvalue weighted by atomic mass is 9.39. The summed E-state index contributed by atoms with van der Waals surface area (Å²) >= 11 is 0. The Balaban J connectivity index is 2.01. The molecule has 42 heavy (non-hydrogen) atoms. The lowest BCUT2D eigenvalue weighted by Gasteiger charge is -2.64. The lowest BCUT2D eigenvalue weighted by molar-refractivity contribution is -0.157. The van der Waals surface area contributed by atoms with Crippen LogP contribution < -0.4 is 5.32 Å². The van der Waals surface area contributed by atoms with Crippen molar-refractivity contribution in [2.24, 2.45) is 50.2 Å². The first-order valence-corrected chi connectivity index (χ1v) is 16.2. The number of Topliss-reactive ketones (excluding diaryl/α,β-unsaturated/α-hetero) is 2. The minimum Gasteiger partial charge on any atom is -0.353 e. The summed E-state index contributed by atoms with van der Waals surface area (Å²) in [5, 5.41) is 12.7. The van der Waals surface area contributed by atoms with Crippen molar-refractivity contribution in [3.8, 4) is 6.07 Å². The molecule has 2 saturated carbocycles. The van der Waals surface area contributed by atoms with Crippen molar-refractivity contribution < 1.29 is 18.8 Å². The molecule has 0 radical (unpaired) electrons. The van der Waals surface area contributed by atoms with Crippen LogP contribution in [0.5, 0.6) is 0 Å². The van der Waals surface area contributed by atoms with Gasteiger partial charge in [0.25, 0.3) is 0 Å². The van der Waals surface area contributed by atoms with Crippen LogP contribution in [0.15, 0.2) is 11.6 Å². The number of ketones is 2. The number of fused-ring (bicyclic) bond motifs is 1. The van der Waals surface area contributed by atoms with E-state index in [-0.39, 0.29) is 63.1 Å². The molecule has 0 aromatic heterocycles. The molecular weight excluding hydrogens is 527 g/mol. The maximum atomic E-state index is 13.3. The second-order valence-corrected chi connectivity index (χ2v) is 16.8. The normalized spacial score (nSPS) is 35.9. The van der Waals surface area contributed by atoms with Gasteiger partial charge in [-0.15, -0.1) is 0 Å². The molecule has 0 saturated heterocycles. The molecule has 0 heterocycles. The molecule has 1 N–H and O–H groups in total. The average Bonchev–Trinajstić information content (AvgIpc) is 2.88. The number of nitrogens with one attached hydrogen (secondary N) is 1. The summed E-state index contributed by atoms with van der Waals surface area (Å²) < 4.78 is 12.9. The number of alkyl halides is 1. The Bertz CT molecular complexity index is 1150. The molecule has 0 aromatic rings. The number of hydrogen-bond acceptors (Lipinski definition) is 4. The third kappa shape index (κ3) is 6.14. The van der Waals surface area contributed by atoms with Crippen LogP contribution in [-0.4, -0.2) is 30.7 Å². The van der Waals surface area contributed by atoms with Crippen LogP contribution in [0.1, 0.15) is 127 Å². The predicted molar refractivity (Wildman–Crippen MR) is 166 cm³/mol. The highest BCUT2D eigenvalue weighted by atomic mass is 19.1. The number of rotatable bonds is 10. The van der Waals surface area contributed by atoms with Crippen molar-refractivity contribution in [3.63, 3.8) is 0 Å². The summed E-state index contributed by atoms with van der Waals surface area (Å²) in [6.07, 6.45) is 9.39. The zero-order valence-corrected chi connectivity index (χ0v) is 28.1. The molecule has 1 unspecified atom stereocenters. The highest BCUT2D eigenvalue weighted by Gasteiger charge is 2.63. The van der Waals surface area contributed by atoms with E-state index in [9.17, 15) is 24.0 Å². The average molecular weight is 585 g/mol. The number of hydrogen-bond donors (Lipinski definition) is 1. The van der Waals surface area contributed by atoms with Crippen molar-refractivity contribution in [1.29, 1.82) is 5.26 Å². The van der Waals surface area contributed by atoms with Gasteiger partial charge in [-0.1, -0.05) is 68.4 Å². The third-order valence-corrected chi connectivity index (χ3v) is 12.9. The molecule has 3 aliphatic carbocycles. The van der Waals surface area contributed by atoms with Crippen LogP contribution in [0.3, 0.4) is 0 Å². The van der Waals surface area contributed by atoms with Crippen molar-refractivity contribution in [3.05, 3.63) is 11.6 Å². The van der Waals surface area contributed by atoms with Crippen LogP contribution in [0.25, 0.3) is 0 Å². The Kier molecular flexibility index (Phi) is 9.69. The number of allylic oxidation sites excluding steroid dienone is 2. The first kappa shape index (κ1) is 34.5. The van der Waals surface area contributed by atoms with Crippen LogP contribution in [0.2, 0.25) is 0 Å². The summed E-state index contributed by atoms with van der Waals surface area (Å²) in [5.41, 5.74) is -1.25. The van der Waals surface area contributed by atoms with Gasteiger partial charge in [-0.05, 0) is 96.7 Å². The molecule has 2 fully saturated rings. The number of amides is 1. The zero-order chi connectivity index (χ0) is 31.9. The Morgan fingerprint density at radius 3 is 2.31 bits per heavy atom. The van der Waals surface area contributed by atoms with Gasteiger partial charge in [-0.3, -0.25) is 9.59 Å². The van der Waals surface area contributed by atoms with Gasteiger partial charge in [0.15, 0.2) is 5.78 Å². The van der Waals surface area contributed by atoms with Crippen molar-refractivity contribution in [1.82, 2.24) is 5.32 Å². The van der Waals surface area contributed by atoms with Crippen molar-refractivity contribution in [2.75, 3.05) is 13.2 Å². The van der Waals surface area contributed by atoms with Gasteiger partial charge in [0.1, 0.15) is 18.5 Å². The van der Waals surface area contributed by atoms with Crippen LogP contribution in [0, 0.1) is 61.6 Å². The predicted octanol–water partition coefficient (Wildman–Crippen LogP) is 8.18. The maximum Gasteiger partial charge on any atom is 0.220 e. The monoisotopic (exact) mass is 584 g/mol. The van der Waals surface area contributed by atoms with Crippen LogP contribution >= 0.6 is 0 Å². The lowest BCUT2D eigenvalue weighted by Crippen LogP contribution is -2.60. The number of nitrogens with zero attached hydrogens (tertiary/aromatic N) is 1. The third-order valence-electron chi connectivity index (χ3n) is 12.9. The molecule has 6 heteroatoms. The first-order valence-electron chi connectivity index (χ1n) is 16.2. The quantitative estimate of drug-likeness (QED) is 0.280. The van der Waals surface area contributed by atoms with E-state index in [0.717, 1.165) is 44.9 Å². The van der Waals surface area contributed by atoms with Crippen molar-refractivity contribution in [2.45, 2.75) is 127 Å². The number of carbonyl (C=O) groups is 3. The molecule has 3 aliphatic rings. The number of nitriles is 1. The molecular formula is C36H57FN2O3. The smallest absolute Gasteiger partial charge is 0.220 e. The van der Waals surface area contributed by atoms with Gasteiger partial charge < -0.3 is 10.1 Å². The van der Waals surface area contributed by atoms with Gasteiger partial charge in [-0.25, -0.2) is 4.39 Å². The minimum absolute atomic E-state index is 0.0292. The van der Waals surface area contributed by atoms with Gasteiger partial charge in [0.05, 0.1) is 5.57 Å². The summed E-state index contributed by atoms with van der Waals surface area (Å²) in [6, 6.07) is 2.19. The van der Waals surface area contributed by atoms with Gasteiger partial charge >= 0.3 is 0 Å². The standard InChI is InChI=1S/C36H57FN2O3/c1-24-20-31(3,4)13-15-36(24,22-29(41)39-18-17-37)16-14-32(5,6)35(10)12-11-27-33(7,8)30(42)26(23-38)21-34(27,9)28(35)19-25(2)40/h21,24,27-28H,11-20,22H2,1-10H3,(H,39,41)/t24?,27-,28+,34-,35+,36+/m0/s1. The second kappa shape index (κ2) is 11.8. The number of carbonyl (C=O) groups excluding carboxylic acids is 3. The summed E-state index contributed by atoms with van der Waals surface area (Å²) in [5.74, 6) is 0.365. The SMILES string of the molecule is CC(=O)C[C@@H]1[C@@]2(C)C=C(C#N)C(=O)C(C)(C)[C@@H]2CC[C@@]1(C)C(C)(C)CC[C@@]1(CC(=O)NCCF)CCC(C)(C)CC1C. The van der Waals surface area contributed by atoms with E-state index in [2.05, 4.69) is 59.9 Å². The van der Waals surface area contributed by atoms with Crippen LogP contribution in [0.4, 0.5) is 4.39 Å². The van der Waals surface area contributed by atoms with Gasteiger partial charge in [0.2, 0.25) is 5.91 Å². The van der Waals surface area contributed by atoms with E-state index in [1.54, 1.807) is 6.92 Å². The summed E-state index contributed by atoms with van der Waals surface area (Å²) in [7, 11) is 0. The van der Waals surface area contributed by atoms with Crippen molar-refractivity contribution >= 4 is 17.5 Å². The Labute approximate surface area is 254 Å². The molecule has 0 spiro atoms. The Morgan fingerprint density at radius 1 is 1.12 bits per heavy atom. The Hall–Kier alpha value is -2.03. The van der Waals surface area contributed by atoms with E-state index in [4.69, 9.17) is 0 Å². The fraction of sp³-hybridized carbons (Fsp3) is 0.833. The highest BCUT2D eigenvalue weighted by Crippen LogP contribution is 2.68. The van der Waals surface area contributed by atoms with Crippen LogP contribution in [-0.2, 0) is 14.4 Å². The van der Waals surface area contributed by atoms with E-state index in [1.807, 2.05) is 19.9 Å². The molecule has 0 aromatic carbocycles. The minimum atomic E-state index is -0.670. The fourth-order valence-electron chi connectivity index (χ4n) is 9.83. The van der Waals surface area contributed by atoms with E-state index >= 15 is 0 Å². The molecule has 1 amide bonds. The highest BCUT2D eigenvalue weighted by molar-refractivity contribution is 6.04. The largest absolute Gasteiger partial charge is 0.353 e. The summed E-state index contributed by atoms with van der Waals surface area (Å²) in [4.78, 5) is 39.2. The summed E-state index contributed by atoms with van der Waals surface area (Å²) in [6.45, 7) is 21.2. The van der Waals surface area contributed by atoms with Gasteiger partial charge in [0, 0.05) is 24.8 Å². The number of halogens is 1. The van der Waals surface area contributed by atoms with E-state index in [0.29, 0.717) is 18.8 Å². The topological polar surface area (TPSA) is 87.0 Å². The second-order valence-electron chi connectivity index (χ2n) is 16.8. The molecule has 0 bridgehead atoms. The molecule has 6 atom stereocenters. The maximum absolute atomic E-state index is 13.3. The fourth-order valence-corrected chi connectivity index (χ4v) is 9.83. The molecule has 236 valence electrons. The van der Waals surface area contributed by atoms with Gasteiger partial charge in [-0.2, -0.15) is 5.26 Å². The first-order chi connectivity index (χ1) is 19.2. The molecule has 5 nitrogen and oxygen atoms in total. The molecule has 3 rings (SSSR count). The Morgan fingerprint density at radius 2 is 1.76 bits per heavy atom. The van der Waals surface area contributed by atoms with E-state index < -0.39 is 17.5 Å². The zero-order valence-electron chi connectivity index (χ0n) is 28.1.